The zero-order valence-corrected chi connectivity index (χ0v) is 22.9. The van der Waals surface area contributed by atoms with Crippen molar-refractivity contribution in [1.82, 2.24) is 40.3 Å². The summed E-state index contributed by atoms with van der Waals surface area (Å²) in [6.45, 7) is 13.7. The van der Waals surface area contributed by atoms with Crippen molar-refractivity contribution in [2.45, 2.75) is 40.0 Å². The average molecular weight is 529 g/mol. The molecule has 0 saturated carbocycles. The third kappa shape index (κ3) is 11.6. The van der Waals surface area contributed by atoms with Crippen LogP contribution in [0.5, 0.6) is 0 Å². The second kappa shape index (κ2) is 17.8. The SMILES string of the molecule is C=CC=C.CC.NN/C=C(\N)CN(Cc1cn(Cc2ccccc2)nn1)Cc1cn(Cc2ccccc2)nn1. The Labute approximate surface area is 231 Å². The summed E-state index contributed by atoms with van der Waals surface area (Å²) >= 11 is 0. The molecule has 4 aromatic rings. The Morgan fingerprint density at radius 1 is 0.821 bits per heavy atom. The molecule has 0 saturated heterocycles. The predicted molar refractivity (Wildman–Crippen MR) is 157 cm³/mol. The molecule has 2 aromatic carbocycles. The molecule has 0 aliphatic heterocycles. The Balaban J connectivity index is 0.000000815. The third-order valence-corrected chi connectivity index (χ3v) is 5.16. The van der Waals surface area contributed by atoms with E-state index in [2.05, 4.69) is 68.4 Å². The first-order valence-corrected chi connectivity index (χ1v) is 12.8. The second-order valence-electron chi connectivity index (χ2n) is 8.29. The van der Waals surface area contributed by atoms with Crippen LogP contribution in [0.2, 0.25) is 0 Å². The fourth-order valence-electron chi connectivity index (χ4n) is 3.55. The lowest BCUT2D eigenvalue weighted by molar-refractivity contribution is 0.271. The van der Waals surface area contributed by atoms with E-state index in [-0.39, 0.29) is 0 Å². The van der Waals surface area contributed by atoms with Gasteiger partial charge < -0.3 is 11.2 Å². The van der Waals surface area contributed by atoms with E-state index in [1.807, 2.05) is 72.0 Å². The Morgan fingerprint density at radius 2 is 1.26 bits per heavy atom. The first-order chi connectivity index (χ1) is 19.1. The van der Waals surface area contributed by atoms with Crippen LogP contribution in [0.1, 0.15) is 36.4 Å². The molecule has 2 aromatic heterocycles. The van der Waals surface area contributed by atoms with Crippen LogP contribution in [0.3, 0.4) is 0 Å². The lowest BCUT2D eigenvalue weighted by Crippen LogP contribution is -2.29. The summed E-state index contributed by atoms with van der Waals surface area (Å²) in [7, 11) is 0. The Morgan fingerprint density at radius 3 is 1.64 bits per heavy atom. The highest BCUT2D eigenvalue weighted by atomic mass is 15.4. The molecule has 0 aliphatic carbocycles. The van der Waals surface area contributed by atoms with Crippen LogP contribution < -0.4 is 17.0 Å². The number of hydrogen-bond acceptors (Lipinski definition) is 8. The summed E-state index contributed by atoms with van der Waals surface area (Å²) in [4.78, 5) is 2.12. The van der Waals surface area contributed by atoms with E-state index in [9.17, 15) is 0 Å². The van der Waals surface area contributed by atoms with Crippen molar-refractivity contribution >= 4 is 0 Å². The number of nitrogens with zero attached hydrogens (tertiary/aromatic N) is 7. The van der Waals surface area contributed by atoms with E-state index in [4.69, 9.17) is 11.6 Å². The quantitative estimate of drug-likeness (QED) is 0.144. The van der Waals surface area contributed by atoms with Crippen LogP contribution in [-0.2, 0) is 26.2 Å². The molecule has 39 heavy (non-hydrogen) atoms. The van der Waals surface area contributed by atoms with Crippen molar-refractivity contribution in [2.75, 3.05) is 6.54 Å². The molecule has 0 spiro atoms. The smallest absolute Gasteiger partial charge is 0.0967 e. The third-order valence-electron chi connectivity index (χ3n) is 5.16. The largest absolute Gasteiger partial charge is 0.400 e. The van der Waals surface area contributed by atoms with Gasteiger partial charge in [0.1, 0.15) is 0 Å². The summed E-state index contributed by atoms with van der Waals surface area (Å²) in [5.74, 6) is 5.39. The van der Waals surface area contributed by atoms with Crippen molar-refractivity contribution in [3.8, 4) is 0 Å². The topological polar surface area (TPSA) is 129 Å². The van der Waals surface area contributed by atoms with E-state index in [1.165, 1.54) is 11.1 Å². The molecule has 0 radical (unpaired) electrons. The molecule has 0 unspecified atom stereocenters. The van der Waals surface area contributed by atoms with Gasteiger partial charge in [-0.3, -0.25) is 10.7 Å². The van der Waals surface area contributed by atoms with Gasteiger partial charge in [-0.05, 0) is 11.1 Å². The maximum Gasteiger partial charge on any atom is 0.0967 e. The number of hydrazine groups is 1. The molecule has 2 heterocycles. The number of allylic oxidation sites excluding steroid dienone is 2. The molecular formula is C29H40N10. The van der Waals surface area contributed by atoms with Crippen molar-refractivity contribution in [3.63, 3.8) is 0 Å². The maximum atomic E-state index is 6.10. The van der Waals surface area contributed by atoms with Crippen molar-refractivity contribution < 1.29 is 0 Å². The molecule has 0 atom stereocenters. The van der Waals surface area contributed by atoms with Crippen LogP contribution in [0.4, 0.5) is 0 Å². The Bertz CT molecular complexity index is 1160. The van der Waals surface area contributed by atoms with Crippen molar-refractivity contribution in [3.05, 3.63) is 133 Å². The number of rotatable bonds is 12. The number of aromatic nitrogens is 6. The molecule has 4 rings (SSSR count). The zero-order valence-electron chi connectivity index (χ0n) is 22.9. The van der Waals surface area contributed by atoms with Gasteiger partial charge in [0.15, 0.2) is 0 Å². The molecule has 206 valence electrons. The van der Waals surface area contributed by atoms with Gasteiger partial charge >= 0.3 is 0 Å². The van der Waals surface area contributed by atoms with Gasteiger partial charge in [0.25, 0.3) is 0 Å². The van der Waals surface area contributed by atoms with Crippen LogP contribution in [0, 0.1) is 0 Å². The molecule has 5 N–H and O–H groups in total. The van der Waals surface area contributed by atoms with Gasteiger partial charge in [0.2, 0.25) is 0 Å². The number of hydrogen-bond donors (Lipinski definition) is 3. The summed E-state index contributed by atoms with van der Waals surface area (Å²) in [6.07, 6.45) is 8.76. The normalized spacial score (nSPS) is 10.6. The first-order valence-electron chi connectivity index (χ1n) is 12.8. The molecule has 10 nitrogen and oxygen atoms in total. The van der Waals surface area contributed by atoms with E-state index in [0.29, 0.717) is 38.4 Å². The highest BCUT2D eigenvalue weighted by Gasteiger charge is 2.14. The van der Waals surface area contributed by atoms with Crippen LogP contribution >= 0.6 is 0 Å². The first kappa shape index (κ1) is 30.7. The Kier molecular flexibility index (Phi) is 14.0. The zero-order chi connectivity index (χ0) is 28.3. The van der Waals surface area contributed by atoms with Crippen molar-refractivity contribution in [1.29, 1.82) is 0 Å². The van der Waals surface area contributed by atoms with E-state index in [0.717, 1.165) is 11.4 Å². The minimum atomic E-state index is 0.487. The molecule has 0 aliphatic rings. The second-order valence-corrected chi connectivity index (χ2v) is 8.29. The maximum absolute atomic E-state index is 6.10. The van der Waals surface area contributed by atoms with Gasteiger partial charge in [-0.25, -0.2) is 9.36 Å². The number of nitrogens with two attached hydrogens (primary N) is 2. The highest BCUT2D eigenvalue weighted by molar-refractivity contribution is 5.16. The van der Waals surface area contributed by atoms with Crippen LogP contribution in [0.15, 0.2) is 110 Å². The van der Waals surface area contributed by atoms with E-state index >= 15 is 0 Å². The fraction of sp³-hybridized carbons (Fsp3) is 0.241. The Hall–Kier alpha value is -4.54. The molecule has 0 amide bonds. The minimum Gasteiger partial charge on any atom is -0.400 e. The number of nitrogens with one attached hydrogen (secondary N) is 1. The lowest BCUT2D eigenvalue weighted by Gasteiger charge is -2.20. The standard InChI is InChI=1S/C23H28N10.C4H6.C2H6/c24-21(11-26-25)14-31(15-22-17-32(29-27-22)12-19-7-3-1-4-8-19)16-23-18-33(30-28-23)13-20-9-5-2-6-10-20;1-3-4-2;1-2/h1-11,17-18,26H,12-16,24-25H2;3-4H,1-2H2;1-2H3/b21-11-;;. The summed E-state index contributed by atoms with van der Waals surface area (Å²) in [6, 6.07) is 20.3. The average Bonchev–Trinajstić information content (AvgIpc) is 3.60. The van der Waals surface area contributed by atoms with Gasteiger partial charge in [0.05, 0.1) is 36.9 Å². The van der Waals surface area contributed by atoms with Gasteiger partial charge in [0, 0.05) is 31.5 Å². The molecular weight excluding hydrogens is 488 g/mol. The molecule has 0 bridgehead atoms. The van der Waals surface area contributed by atoms with E-state index < -0.39 is 0 Å². The van der Waals surface area contributed by atoms with E-state index in [1.54, 1.807) is 18.4 Å². The minimum absolute atomic E-state index is 0.487. The molecule has 0 fully saturated rings. The number of benzene rings is 2. The molecule has 10 heteroatoms. The highest BCUT2D eigenvalue weighted by Crippen LogP contribution is 2.10. The summed E-state index contributed by atoms with van der Waals surface area (Å²) < 4.78 is 3.67. The summed E-state index contributed by atoms with van der Waals surface area (Å²) in [5.41, 5.74) is 13.2. The lowest BCUT2D eigenvalue weighted by atomic mass is 10.2. The van der Waals surface area contributed by atoms with Gasteiger partial charge in [-0.15, -0.1) is 10.2 Å². The predicted octanol–water partition coefficient (Wildman–Crippen LogP) is 3.62. The fourth-order valence-corrected chi connectivity index (χ4v) is 3.55. The summed E-state index contributed by atoms with van der Waals surface area (Å²) in [5, 5.41) is 17.2. The van der Waals surface area contributed by atoms with Crippen LogP contribution in [-0.4, -0.2) is 41.4 Å². The van der Waals surface area contributed by atoms with Crippen molar-refractivity contribution in [2.24, 2.45) is 11.6 Å². The van der Waals surface area contributed by atoms with Gasteiger partial charge in [-0.2, -0.15) is 0 Å². The van der Waals surface area contributed by atoms with Gasteiger partial charge in [-0.1, -0.05) is 110 Å². The van der Waals surface area contributed by atoms with Crippen LogP contribution in [0.25, 0.3) is 0 Å². The monoisotopic (exact) mass is 528 g/mol.